The molecule has 2 rings (SSSR count). The van der Waals surface area contributed by atoms with Crippen molar-refractivity contribution in [1.29, 1.82) is 0 Å². The Kier molecular flexibility index (Phi) is 3.91. The summed E-state index contributed by atoms with van der Waals surface area (Å²) >= 11 is 0. The fraction of sp³-hybridized carbons (Fsp3) is 0.462. The molecule has 0 spiro atoms. The van der Waals surface area contributed by atoms with Gasteiger partial charge in [0.15, 0.2) is 0 Å². The minimum Gasteiger partial charge on any atom is -0.312 e. The highest BCUT2D eigenvalue weighted by Crippen LogP contribution is 2.20. The first-order chi connectivity index (χ1) is 8.67. The van der Waals surface area contributed by atoms with Gasteiger partial charge in [-0.1, -0.05) is 18.2 Å². The van der Waals surface area contributed by atoms with E-state index in [4.69, 9.17) is 0 Å². The molecule has 0 bridgehead atoms. The van der Waals surface area contributed by atoms with E-state index in [0.29, 0.717) is 0 Å². The number of hydrogen-bond donors (Lipinski definition) is 1. The van der Waals surface area contributed by atoms with Crippen molar-refractivity contribution in [3.05, 3.63) is 30.0 Å². The number of para-hydroxylation sites is 1. The fourth-order valence-electron chi connectivity index (χ4n) is 2.11. The van der Waals surface area contributed by atoms with Crippen molar-refractivity contribution < 1.29 is 8.78 Å². The first-order valence-corrected chi connectivity index (χ1v) is 6.07. The standard InChI is InChI=1S/C13H17F2N3/c1-3-18-12-7-5-4-6-9(12)10(17-18)8-11(16-2)13(14)15/h4-7,11,13,16H,3,8H2,1-2H3. The lowest BCUT2D eigenvalue weighted by Gasteiger charge is -2.13. The highest BCUT2D eigenvalue weighted by Gasteiger charge is 2.21. The molecule has 1 unspecified atom stereocenters. The van der Waals surface area contributed by atoms with Crippen molar-refractivity contribution in [3.8, 4) is 0 Å². The monoisotopic (exact) mass is 253 g/mol. The fourth-order valence-corrected chi connectivity index (χ4v) is 2.11. The van der Waals surface area contributed by atoms with Crippen LogP contribution in [0, 0.1) is 0 Å². The van der Waals surface area contributed by atoms with Gasteiger partial charge in [0.05, 0.1) is 17.3 Å². The number of alkyl halides is 2. The highest BCUT2D eigenvalue weighted by atomic mass is 19.3. The number of benzene rings is 1. The van der Waals surface area contributed by atoms with E-state index in [1.54, 1.807) is 7.05 Å². The van der Waals surface area contributed by atoms with E-state index in [2.05, 4.69) is 10.4 Å². The average molecular weight is 253 g/mol. The van der Waals surface area contributed by atoms with Crippen LogP contribution in [0.4, 0.5) is 8.78 Å². The Morgan fingerprint density at radius 3 is 2.67 bits per heavy atom. The molecule has 1 atom stereocenters. The van der Waals surface area contributed by atoms with Crippen LogP contribution in [0.5, 0.6) is 0 Å². The summed E-state index contributed by atoms with van der Waals surface area (Å²) in [6, 6.07) is 6.88. The molecule has 1 N–H and O–H groups in total. The molecule has 0 radical (unpaired) electrons. The van der Waals surface area contributed by atoms with Crippen LogP contribution >= 0.6 is 0 Å². The Morgan fingerprint density at radius 2 is 2.06 bits per heavy atom. The van der Waals surface area contributed by atoms with E-state index < -0.39 is 12.5 Å². The van der Waals surface area contributed by atoms with Crippen molar-refractivity contribution in [2.24, 2.45) is 0 Å². The molecule has 0 aliphatic rings. The van der Waals surface area contributed by atoms with Crippen LogP contribution in [0.3, 0.4) is 0 Å². The van der Waals surface area contributed by atoms with Gasteiger partial charge in [-0.05, 0) is 20.0 Å². The van der Waals surface area contributed by atoms with Crippen LogP contribution in [-0.4, -0.2) is 29.3 Å². The normalized spacial score (nSPS) is 13.4. The van der Waals surface area contributed by atoms with Crippen LogP contribution in [0.2, 0.25) is 0 Å². The molecule has 1 aromatic heterocycles. The summed E-state index contributed by atoms with van der Waals surface area (Å²) < 4.78 is 27.4. The summed E-state index contributed by atoms with van der Waals surface area (Å²) in [5, 5.41) is 8.02. The predicted molar refractivity (Wildman–Crippen MR) is 68.0 cm³/mol. The van der Waals surface area contributed by atoms with Crippen LogP contribution in [-0.2, 0) is 13.0 Å². The van der Waals surface area contributed by atoms with Crippen molar-refractivity contribution in [2.75, 3.05) is 7.05 Å². The molecule has 0 saturated carbocycles. The van der Waals surface area contributed by atoms with Crippen molar-refractivity contribution in [3.63, 3.8) is 0 Å². The van der Waals surface area contributed by atoms with E-state index in [1.165, 1.54) is 0 Å². The number of fused-ring (bicyclic) bond motifs is 1. The topological polar surface area (TPSA) is 29.9 Å². The number of aryl methyl sites for hydroxylation is 1. The molecule has 0 amide bonds. The van der Waals surface area contributed by atoms with Gasteiger partial charge >= 0.3 is 0 Å². The summed E-state index contributed by atoms with van der Waals surface area (Å²) in [4.78, 5) is 0. The lowest BCUT2D eigenvalue weighted by atomic mass is 10.1. The molecule has 5 heteroatoms. The van der Waals surface area contributed by atoms with E-state index in [1.807, 2.05) is 35.9 Å². The third-order valence-corrected chi connectivity index (χ3v) is 3.12. The lowest BCUT2D eigenvalue weighted by molar-refractivity contribution is 0.102. The zero-order chi connectivity index (χ0) is 13.1. The first-order valence-electron chi connectivity index (χ1n) is 6.07. The molecule has 0 aliphatic heterocycles. The third-order valence-electron chi connectivity index (χ3n) is 3.12. The summed E-state index contributed by atoms with van der Waals surface area (Å²) in [6.07, 6.45) is -2.15. The Morgan fingerprint density at radius 1 is 1.33 bits per heavy atom. The zero-order valence-corrected chi connectivity index (χ0v) is 10.5. The Bertz CT molecular complexity index is 522. The van der Waals surface area contributed by atoms with Crippen LogP contribution < -0.4 is 5.32 Å². The molecule has 0 aliphatic carbocycles. The molecule has 1 aromatic carbocycles. The predicted octanol–water partition coefficient (Wildman–Crippen LogP) is 2.45. The number of likely N-dealkylation sites (N-methyl/N-ethyl adjacent to an activating group) is 1. The number of halogens is 2. The highest BCUT2D eigenvalue weighted by molar-refractivity contribution is 5.82. The third kappa shape index (κ3) is 2.36. The summed E-state index contributed by atoms with van der Waals surface area (Å²) in [6.45, 7) is 2.73. The average Bonchev–Trinajstić information content (AvgIpc) is 2.74. The van der Waals surface area contributed by atoms with Crippen LogP contribution in [0.15, 0.2) is 24.3 Å². The zero-order valence-electron chi connectivity index (χ0n) is 10.5. The minimum absolute atomic E-state index is 0.238. The number of nitrogens with zero attached hydrogens (tertiary/aromatic N) is 2. The van der Waals surface area contributed by atoms with E-state index in [-0.39, 0.29) is 6.42 Å². The van der Waals surface area contributed by atoms with Crippen molar-refractivity contribution in [1.82, 2.24) is 15.1 Å². The Hall–Kier alpha value is -1.49. The van der Waals surface area contributed by atoms with Crippen LogP contribution in [0.1, 0.15) is 12.6 Å². The lowest BCUT2D eigenvalue weighted by Crippen LogP contribution is -2.34. The number of nitrogens with one attached hydrogen (secondary N) is 1. The summed E-state index contributed by atoms with van der Waals surface area (Å²) in [7, 11) is 1.55. The Labute approximate surface area is 105 Å². The second kappa shape index (κ2) is 5.44. The van der Waals surface area contributed by atoms with E-state index >= 15 is 0 Å². The number of aromatic nitrogens is 2. The van der Waals surface area contributed by atoms with Gasteiger partial charge in [0, 0.05) is 18.4 Å². The molecule has 2 aromatic rings. The second-order valence-corrected chi connectivity index (χ2v) is 4.21. The molecule has 98 valence electrons. The molecular formula is C13H17F2N3. The van der Waals surface area contributed by atoms with Crippen LogP contribution in [0.25, 0.3) is 10.9 Å². The Balaban J connectivity index is 2.39. The quantitative estimate of drug-likeness (QED) is 0.887. The second-order valence-electron chi connectivity index (χ2n) is 4.21. The maximum atomic E-state index is 12.8. The van der Waals surface area contributed by atoms with Gasteiger partial charge in [0.25, 0.3) is 6.43 Å². The van der Waals surface area contributed by atoms with Gasteiger partial charge in [-0.25, -0.2) is 8.78 Å². The van der Waals surface area contributed by atoms with Crippen molar-refractivity contribution in [2.45, 2.75) is 32.4 Å². The molecule has 1 heterocycles. The molecule has 0 fully saturated rings. The molecule has 3 nitrogen and oxygen atoms in total. The first kappa shape index (κ1) is 13.0. The number of rotatable bonds is 5. The summed E-state index contributed by atoms with van der Waals surface area (Å²) in [5.41, 5.74) is 1.73. The maximum absolute atomic E-state index is 12.8. The van der Waals surface area contributed by atoms with Gasteiger partial charge in [0.1, 0.15) is 0 Å². The number of hydrogen-bond acceptors (Lipinski definition) is 2. The van der Waals surface area contributed by atoms with E-state index in [9.17, 15) is 8.78 Å². The minimum atomic E-state index is -2.39. The van der Waals surface area contributed by atoms with Gasteiger partial charge in [0.2, 0.25) is 0 Å². The molecular weight excluding hydrogens is 236 g/mol. The largest absolute Gasteiger partial charge is 0.312 e. The van der Waals surface area contributed by atoms with Crippen molar-refractivity contribution >= 4 is 10.9 Å². The molecule has 18 heavy (non-hydrogen) atoms. The van der Waals surface area contributed by atoms with Gasteiger partial charge in [-0.3, -0.25) is 4.68 Å². The maximum Gasteiger partial charge on any atom is 0.254 e. The smallest absolute Gasteiger partial charge is 0.254 e. The van der Waals surface area contributed by atoms with Gasteiger partial charge in [-0.15, -0.1) is 0 Å². The van der Waals surface area contributed by atoms with Gasteiger partial charge in [-0.2, -0.15) is 5.10 Å². The van der Waals surface area contributed by atoms with E-state index in [0.717, 1.165) is 23.1 Å². The molecule has 0 saturated heterocycles. The van der Waals surface area contributed by atoms with Gasteiger partial charge < -0.3 is 5.32 Å². The summed E-state index contributed by atoms with van der Waals surface area (Å²) in [5.74, 6) is 0. The SMILES string of the molecule is CCn1nc(CC(NC)C(F)F)c2ccccc21.